The minimum atomic E-state index is -1.51. The highest BCUT2D eigenvalue weighted by Crippen LogP contribution is 2.04. The van der Waals surface area contributed by atoms with Gasteiger partial charge >= 0.3 is 5.97 Å². The number of carbonyl (C=O) groups excluding carboxylic acids is 1. The molecule has 0 aliphatic rings. The van der Waals surface area contributed by atoms with E-state index in [9.17, 15) is 14.7 Å². The molecule has 0 bridgehead atoms. The van der Waals surface area contributed by atoms with Crippen molar-refractivity contribution in [2.24, 2.45) is 0 Å². The Morgan fingerprint density at radius 2 is 1.82 bits per heavy atom. The van der Waals surface area contributed by atoms with E-state index in [1.165, 1.54) is 5.69 Å². The molecule has 6 nitrogen and oxygen atoms in total. The number of hydrogen-bond acceptors (Lipinski definition) is 4. The molecule has 0 aromatic carbocycles. The van der Waals surface area contributed by atoms with Crippen LogP contribution in [0.4, 0.5) is 5.69 Å². The third kappa shape index (κ3) is 8.61. The lowest BCUT2D eigenvalue weighted by Crippen LogP contribution is -2.19. The first-order chi connectivity index (χ1) is 7.93. The lowest BCUT2D eigenvalue weighted by Gasteiger charge is -2.08. The summed E-state index contributed by atoms with van der Waals surface area (Å²) in [6.07, 6.45) is 4.77. The Morgan fingerprint density at radius 1 is 1.29 bits per heavy atom. The number of H-pyrrole nitrogens is 1. The second-order valence-electron chi connectivity index (χ2n) is 3.14. The van der Waals surface area contributed by atoms with E-state index in [4.69, 9.17) is 5.11 Å². The summed E-state index contributed by atoms with van der Waals surface area (Å²) in [5.74, 6) is -2.80. The summed E-state index contributed by atoms with van der Waals surface area (Å²) < 4.78 is 0. The van der Waals surface area contributed by atoms with Gasteiger partial charge in [0.1, 0.15) is 0 Å². The third-order valence-corrected chi connectivity index (χ3v) is 1.58. The summed E-state index contributed by atoms with van der Waals surface area (Å²) in [5.41, 5.74) is 1.22. The van der Waals surface area contributed by atoms with Crippen molar-refractivity contribution in [3.63, 3.8) is 0 Å². The highest BCUT2D eigenvalue weighted by Gasteiger charge is 1.91. The third-order valence-electron chi connectivity index (χ3n) is 1.58. The van der Waals surface area contributed by atoms with E-state index in [0.717, 1.165) is 0 Å². The van der Waals surface area contributed by atoms with E-state index in [1.807, 2.05) is 38.6 Å². The van der Waals surface area contributed by atoms with Crippen molar-refractivity contribution in [2.45, 2.75) is 0 Å². The van der Waals surface area contributed by atoms with E-state index in [1.54, 1.807) is 0 Å². The van der Waals surface area contributed by atoms with Gasteiger partial charge in [-0.05, 0) is 6.08 Å². The molecule has 0 spiro atoms. The van der Waals surface area contributed by atoms with Crippen LogP contribution in [0.2, 0.25) is 0 Å². The fraction of sp³-hybridized carbons (Fsp3) is 0.182. The Labute approximate surface area is 98.8 Å². The Hall–Kier alpha value is -2.37. The maximum Gasteiger partial charge on any atom is 0.328 e. The van der Waals surface area contributed by atoms with Gasteiger partial charge in [0, 0.05) is 38.0 Å². The van der Waals surface area contributed by atoms with Gasteiger partial charge < -0.3 is 19.9 Å². The van der Waals surface area contributed by atoms with Gasteiger partial charge in [-0.25, -0.2) is 9.78 Å². The van der Waals surface area contributed by atoms with Crippen LogP contribution in [-0.2, 0) is 9.59 Å². The first-order valence-corrected chi connectivity index (χ1v) is 4.69. The van der Waals surface area contributed by atoms with Crippen molar-refractivity contribution in [1.29, 1.82) is 0 Å². The Morgan fingerprint density at radius 3 is 2.06 bits per heavy atom. The number of carboxylic acid groups (broad SMARTS) is 2. The van der Waals surface area contributed by atoms with Crippen LogP contribution in [0.15, 0.2) is 36.7 Å². The van der Waals surface area contributed by atoms with Crippen LogP contribution in [0.1, 0.15) is 0 Å². The number of aromatic nitrogens is 1. The molecule has 0 fully saturated rings. The van der Waals surface area contributed by atoms with Crippen molar-refractivity contribution in [2.75, 3.05) is 19.0 Å². The maximum atomic E-state index is 9.53. The molecule has 0 radical (unpaired) electrons. The Balaban J connectivity index is 0.000000304. The van der Waals surface area contributed by atoms with Crippen molar-refractivity contribution >= 4 is 17.6 Å². The maximum absolute atomic E-state index is 9.53. The number of anilines is 1. The topological polar surface area (TPSA) is 94.8 Å². The second kappa shape index (κ2) is 7.86. The first-order valence-electron chi connectivity index (χ1n) is 4.69. The molecule has 0 aliphatic heterocycles. The minimum Gasteiger partial charge on any atom is -0.545 e. The predicted molar refractivity (Wildman–Crippen MR) is 59.1 cm³/mol. The van der Waals surface area contributed by atoms with Gasteiger partial charge in [0.2, 0.25) is 0 Å². The number of nitrogens with one attached hydrogen (secondary N) is 1. The van der Waals surface area contributed by atoms with Gasteiger partial charge in [-0.15, -0.1) is 0 Å². The van der Waals surface area contributed by atoms with Crippen LogP contribution >= 0.6 is 0 Å². The lowest BCUT2D eigenvalue weighted by atomic mass is 10.4. The number of hydrogen-bond donors (Lipinski definition) is 1. The van der Waals surface area contributed by atoms with E-state index >= 15 is 0 Å². The van der Waals surface area contributed by atoms with Gasteiger partial charge in [0.15, 0.2) is 12.4 Å². The van der Waals surface area contributed by atoms with E-state index < -0.39 is 11.9 Å². The highest BCUT2D eigenvalue weighted by molar-refractivity contribution is 5.88. The number of nitrogens with zero attached hydrogens (tertiary/aromatic N) is 1. The van der Waals surface area contributed by atoms with Crippen molar-refractivity contribution in [3.8, 4) is 0 Å². The zero-order valence-corrected chi connectivity index (χ0v) is 9.58. The smallest absolute Gasteiger partial charge is 0.328 e. The van der Waals surface area contributed by atoms with Crippen LogP contribution < -0.4 is 15.0 Å². The van der Waals surface area contributed by atoms with Gasteiger partial charge in [-0.3, -0.25) is 0 Å². The molecule has 2 N–H and O–H groups in total. The number of rotatable bonds is 3. The number of pyridine rings is 1. The van der Waals surface area contributed by atoms with E-state index in [2.05, 4.69) is 9.88 Å². The molecule has 1 rings (SSSR count). The molecule has 6 heteroatoms. The average molecular weight is 238 g/mol. The largest absolute Gasteiger partial charge is 0.545 e. The molecule has 1 heterocycles. The number of aliphatic carboxylic acids is 2. The monoisotopic (exact) mass is 238 g/mol. The summed E-state index contributed by atoms with van der Waals surface area (Å²) in [5, 5.41) is 17.2. The minimum absolute atomic E-state index is 0.447. The number of carbonyl (C=O) groups is 2. The summed E-state index contributed by atoms with van der Waals surface area (Å²) in [4.78, 5) is 24.0. The van der Waals surface area contributed by atoms with Crippen molar-refractivity contribution in [1.82, 2.24) is 0 Å². The van der Waals surface area contributed by atoms with Gasteiger partial charge in [-0.2, -0.15) is 0 Å². The molecule has 0 saturated carbocycles. The predicted octanol–water partition coefficient (Wildman–Crippen LogP) is -1.06. The summed E-state index contributed by atoms with van der Waals surface area (Å²) >= 11 is 0. The summed E-state index contributed by atoms with van der Waals surface area (Å²) in [7, 11) is 4.05. The zero-order chi connectivity index (χ0) is 13.3. The number of aromatic amines is 1. The molecule has 0 saturated heterocycles. The quantitative estimate of drug-likeness (QED) is 0.677. The van der Waals surface area contributed by atoms with Crippen molar-refractivity contribution < 1.29 is 24.8 Å². The molecule has 92 valence electrons. The van der Waals surface area contributed by atoms with E-state index in [0.29, 0.717) is 12.2 Å². The molecule has 1 aromatic heterocycles. The highest BCUT2D eigenvalue weighted by atomic mass is 16.4. The average Bonchev–Trinajstić information content (AvgIpc) is 2.28. The molecule has 0 amide bonds. The van der Waals surface area contributed by atoms with Crippen LogP contribution in [0.5, 0.6) is 0 Å². The fourth-order valence-corrected chi connectivity index (χ4v) is 0.816. The first kappa shape index (κ1) is 14.6. The van der Waals surface area contributed by atoms with Crippen molar-refractivity contribution in [3.05, 3.63) is 36.7 Å². The molecule has 17 heavy (non-hydrogen) atoms. The normalized spacial score (nSPS) is 9.29. The van der Waals surface area contributed by atoms with E-state index in [-0.39, 0.29) is 0 Å². The SMILES string of the molecule is CN(C)c1cc[nH+]cc1.O=C([O-])/C=C\C(=O)O. The van der Waals surface area contributed by atoms with Crippen LogP contribution in [0, 0.1) is 0 Å². The van der Waals surface area contributed by atoms with Gasteiger partial charge in [0.25, 0.3) is 0 Å². The molecular weight excluding hydrogens is 224 g/mol. The lowest BCUT2D eigenvalue weighted by molar-refractivity contribution is -0.377. The van der Waals surface area contributed by atoms with Crippen LogP contribution in [-0.4, -0.2) is 31.1 Å². The molecular formula is C11H14N2O4. The standard InChI is InChI=1S/C7H10N2.C4H4O4/c1-9(2)7-3-5-8-6-4-7;5-3(6)1-2-4(7)8/h3-6H,1-2H3;1-2H,(H,5,6)(H,7,8)/b;2-1-. The number of carboxylic acids is 2. The summed E-state index contributed by atoms with van der Waals surface area (Å²) in [6, 6.07) is 4.06. The van der Waals surface area contributed by atoms with Crippen LogP contribution in [0.3, 0.4) is 0 Å². The molecule has 0 aliphatic carbocycles. The van der Waals surface area contributed by atoms with Gasteiger partial charge in [0.05, 0.1) is 5.97 Å². The molecule has 0 atom stereocenters. The molecule has 1 aromatic rings. The summed E-state index contributed by atoms with van der Waals surface area (Å²) in [6.45, 7) is 0. The fourth-order valence-electron chi connectivity index (χ4n) is 0.816. The van der Waals surface area contributed by atoms with Gasteiger partial charge in [-0.1, -0.05) is 0 Å². The zero-order valence-electron chi connectivity index (χ0n) is 9.58. The second-order valence-corrected chi connectivity index (χ2v) is 3.14. The molecule has 0 unspecified atom stereocenters. The Bertz CT molecular complexity index is 372. The Kier molecular flexibility index (Phi) is 6.77. The van der Waals surface area contributed by atoms with Crippen LogP contribution in [0.25, 0.3) is 0 Å².